The first-order valence-electron chi connectivity index (χ1n) is 3.22. The lowest BCUT2D eigenvalue weighted by molar-refractivity contribution is 0.477. The number of hydrogen-bond acceptors (Lipinski definition) is 0. The average Bonchev–Trinajstić information content (AvgIpc) is 2.37. The molecule has 1 aromatic rings. The Morgan fingerprint density at radius 2 is 2.50 bits per heavy atom. The smallest absolute Gasteiger partial charge is 0.129 e. The van der Waals surface area contributed by atoms with Crippen molar-refractivity contribution in [3.8, 4) is 0 Å². The molecule has 1 N–H and O–H groups in total. The molecule has 0 radical (unpaired) electrons. The van der Waals surface area contributed by atoms with Gasteiger partial charge in [0.25, 0.3) is 0 Å². The van der Waals surface area contributed by atoms with Crippen LogP contribution in [0.2, 0.25) is 0 Å². The van der Waals surface area contributed by atoms with Crippen molar-refractivity contribution >= 4 is 6.08 Å². The summed E-state index contributed by atoms with van der Waals surface area (Å²) in [7, 11) is 0. The highest BCUT2D eigenvalue weighted by Gasteiger charge is 1.92. The van der Waals surface area contributed by atoms with Crippen LogP contribution < -0.4 is 0 Å². The predicted octanol–water partition coefficient (Wildman–Crippen LogP) is 2.52. The van der Waals surface area contributed by atoms with Crippen LogP contribution in [-0.4, -0.2) is 4.98 Å². The zero-order chi connectivity index (χ0) is 7.40. The number of halogens is 1. The standard InChI is InChI=1S/C8H10FN/c1-2-3-7-4-8(5-9)10-6-7/h2-4,6,10H,5H2,1H3/b3-2-. The molecule has 1 nitrogen and oxygen atoms in total. The molecule has 0 atom stereocenters. The van der Waals surface area contributed by atoms with E-state index in [-0.39, 0.29) is 0 Å². The highest BCUT2D eigenvalue weighted by Crippen LogP contribution is 2.05. The molecule has 1 heterocycles. The van der Waals surface area contributed by atoms with Crippen molar-refractivity contribution in [1.29, 1.82) is 0 Å². The highest BCUT2D eigenvalue weighted by atomic mass is 19.1. The molecule has 10 heavy (non-hydrogen) atoms. The van der Waals surface area contributed by atoms with Gasteiger partial charge in [0.2, 0.25) is 0 Å². The monoisotopic (exact) mass is 139 g/mol. The van der Waals surface area contributed by atoms with Crippen LogP contribution in [0.5, 0.6) is 0 Å². The molecule has 0 aliphatic carbocycles. The van der Waals surface area contributed by atoms with Gasteiger partial charge in [-0.2, -0.15) is 0 Å². The lowest BCUT2D eigenvalue weighted by Gasteiger charge is -1.80. The Bertz CT molecular complexity index is 225. The van der Waals surface area contributed by atoms with E-state index < -0.39 is 6.67 Å². The summed E-state index contributed by atoms with van der Waals surface area (Å²) < 4.78 is 11.9. The van der Waals surface area contributed by atoms with E-state index in [1.165, 1.54) is 0 Å². The van der Waals surface area contributed by atoms with Crippen LogP contribution in [0.25, 0.3) is 6.08 Å². The van der Waals surface area contributed by atoms with E-state index >= 15 is 0 Å². The molecule has 1 aromatic heterocycles. The number of aromatic nitrogens is 1. The number of aromatic amines is 1. The fraction of sp³-hybridized carbons (Fsp3) is 0.250. The van der Waals surface area contributed by atoms with E-state index in [2.05, 4.69) is 4.98 Å². The topological polar surface area (TPSA) is 15.8 Å². The molecular formula is C8H10FN. The van der Waals surface area contributed by atoms with Gasteiger partial charge in [0.1, 0.15) is 6.67 Å². The molecule has 0 unspecified atom stereocenters. The molecule has 2 heteroatoms. The van der Waals surface area contributed by atoms with E-state index in [0.29, 0.717) is 5.69 Å². The maximum atomic E-state index is 11.9. The minimum absolute atomic E-state index is 0.419. The minimum Gasteiger partial charge on any atom is -0.362 e. The maximum absolute atomic E-state index is 11.9. The van der Waals surface area contributed by atoms with Crippen LogP contribution in [0.3, 0.4) is 0 Å². The van der Waals surface area contributed by atoms with Crippen LogP contribution in [-0.2, 0) is 6.67 Å². The average molecular weight is 139 g/mol. The zero-order valence-corrected chi connectivity index (χ0v) is 5.89. The first-order chi connectivity index (χ1) is 4.86. The number of rotatable bonds is 2. The first kappa shape index (κ1) is 7.06. The molecule has 0 amide bonds. The normalized spacial score (nSPS) is 11.0. The second kappa shape index (κ2) is 3.20. The number of hydrogen-bond donors (Lipinski definition) is 1. The van der Waals surface area contributed by atoms with Crippen molar-refractivity contribution < 1.29 is 4.39 Å². The molecule has 54 valence electrons. The second-order valence-electron chi connectivity index (χ2n) is 2.09. The van der Waals surface area contributed by atoms with Gasteiger partial charge in [0, 0.05) is 11.9 Å². The van der Waals surface area contributed by atoms with Gasteiger partial charge in [-0.15, -0.1) is 0 Å². The van der Waals surface area contributed by atoms with Crippen molar-refractivity contribution in [2.45, 2.75) is 13.6 Å². The zero-order valence-electron chi connectivity index (χ0n) is 5.89. The molecule has 0 saturated heterocycles. The Morgan fingerprint density at radius 1 is 1.70 bits per heavy atom. The van der Waals surface area contributed by atoms with Gasteiger partial charge >= 0.3 is 0 Å². The molecule has 0 saturated carbocycles. The predicted molar refractivity (Wildman–Crippen MR) is 40.3 cm³/mol. The summed E-state index contributed by atoms with van der Waals surface area (Å²) in [5, 5.41) is 0. The Labute approximate surface area is 59.6 Å². The van der Waals surface area contributed by atoms with E-state index in [4.69, 9.17) is 0 Å². The Balaban J connectivity index is 2.78. The summed E-state index contributed by atoms with van der Waals surface area (Å²) >= 11 is 0. The van der Waals surface area contributed by atoms with Crippen LogP contribution in [0, 0.1) is 0 Å². The SMILES string of the molecule is C/C=C\c1c[nH]c(CF)c1. The van der Waals surface area contributed by atoms with E-state index in [1.54, 1.807) is 12.3 Å². The number of alkyl halides is 1. The van der Waals surface area contributed by atoms with Gasteiger partial charge in [0.15, 0.2) is 0 Å². The lowest BCUT2D eigenvalue weighted by Crippen LogP contribution is -1.71. The van der Waals surface area contributed by atoms with Crippen molar-refractivity contribution in [2.75, 3.05) is 0 Å². The van der Waals surface area contributed by atoms with Gasteiger partial charge in [-0.25, -0.2) is 4.39 Å². The van der Waals surface area contributed by atoms with Crippen molar-refractivity contribution in [3.05, 3.63) is 29.6 Å². The van der Waals surface area contributed by atoms with Gasteiger partial charge in [-0.1, -0.05) is 12.2 Å². The summed E-state index contributed by atoms with van der Waals surface area (Å²) in [5.74, 6) is 0. The number of H-pyrrole nitrogens is 1. The highest BCUT2D eigenvalue weighted by molar-refractivity contribution is 5.48. The first-order valence-corrected chi connectivity index (χ1v) is 3.22. The number of nitrogens with one attached hydrogen (secondary N) is 1. The molecule has 0 aliphatic rings. The molecule has 1 rings (SSSR count). The van der Waals surface area contributed by atoms with Crippen LogP contribution >= 0.6 is 0 Å². The van der Waals surface area contributed by atoms with Gasteiger partial charge in [-0.05, 0) is 18.6 Å². The van der Waals surface area contributed by atoms with Gasteiger partial charge in [0.05, 0.1) is 0 Å². The summed E-state index contributed by atoms with van der Waals surface area (Å²) in [4.78, 5) is 2.81. The van der Waals surface area contributed by atoms with Crippen molar-refractivity contribution in [2.24, 2.45) is 0 Å². The van der Waals surface area contributed by atoms with Crippen LogP contribution in [0.15, 0.2) is 18.3 Å². The molecule has 0 aromatic carbocycles. The maximum Gasteiger partial charge on any atom is 0.129 e. The third-order valence-corrected chi connectivity index (χ3v) is 1.27. The van der Waals surface area contributed by atoms with Crippen molar-refractivity contribution in [3.63, 3.8) is 0 Å². The summed E-state index contributed by atoms with van der Waals surface area (Å²) in [6.45, 7) is 1.51. The summed E-state index contributed by atoms with van der Waals surface area (Å²) in [5.41, 5.74) is 1.66. The summed E-state index contributed by atoms with van der Waals surface area (Å²) in [6, 6.07) is 1.79. The fourth-order valence-electron chi connectivity index (χ4n) is 0.826. The summed E-state index contributed by atoms with van der Waals surface area (Å²) in [6.07, 6.45) is 5.63. The quantitative estimate of drug-likeness (QED) is 0.648. The van der Waals surface area contributed by atoms with Gasteiger partial charge in [-0.3, -0.25) is 0 Å². The Morgan fingerprint density at radius 3 is 3.00 bits per heavy atom. The third-order valence-electron chi connectivity index (χ3n) is 1.27. The minimum atomic E-state index is -0.419. The Kier molecular flexibility index (Phi) is 2.26. The second-order valence-corrected chi connectivity index (χ2v) is 2.09. The van der Waals surface area contributed by atoms with Gasteiger partial charge < -0.3 is 4.98 Å². The van der Waals surface area contributed by atoms with E-state index in [9.17, 15) is 4.39 Å². The molecule has 0 bridgehead atoms. The van der Waals surface area contributed by atoms with Crippen LogP contribution in [0.1, 0.15) is 18.2 Å². The van der Waals surface area contributed by atoms with E-state index in [0.717, 1.165) is 5.56 Å². The molecule has 0 aliphatic heterocycles. The Hall–Kier alpha value is -1.05. The molecule has 0 spiro atoms. The number of allylic oxidation sites excluding steroid dienone is 1. The lowest BCUT2D eigenvalue weighted by atomic mass is 10.3. The van der Waals surface area contributed by atoms with Crippen LogP contribution in [0.4, 0.5) is 4.39 Å². The van der Waals surface area contributed by atoms with Crippen molar-refractivity contribution in [1.82, 2.24) is 4.98 Å². The van der Waals surface area contributed by atoms with E-state index in [1.807, 2.05) is 19.1 Å². The third kappa shape index (κ3) is 1.47. The largest absolute Gasteiger partial charge is 0.362 e. The molecule has 0 fully saturated rings. The fourth-order valence-corrected chi connectivity index (χ4v) is 0.826. The molecular weight excluding hydrogens is 129 g/mol.